The van der Waals surface area contributed by atoms with Gasteiger partial charge in [-0.25, -0.2) is 8.42 Å². The van der Waals surface area contributed by atoms with Crippen LogP contribution in [-0.4, -0.2) is 33.7 Å². The van der Waals surface area contributed by atoms with Gasteiger partial charge < -0.3 is 5.32 Å². The van der Waals surface area contributed by atoms with Gasteiger partial charge in [0, 0.05) is 12.5 Å². The molecule has 1 aromatic rings. The molecular formula is C16H26N2O3S. The average molecular weight is 326 g/mol. The third-order valence-electron chi connectivity index (χ3n) is 3.42. The summed E-state index contributed by atoms with van der Waals surface area (Å²) in [4.78, 5) is 11.6. The second-order valence-electron chi connectivity index (χ2n) is 6.03. The Morgan fingerprint density at radius 3 is 2.09 bits per heavy atom. The lowest BCUT2D eigenvalue weighted by atomic mass is 10.1. The summed E-state index contributed by atoms with van der Waals surface area (Å²) >= 11 is 0. The minimum absolute atomic E-state index is 0.0780. The lowest BCUT2D eigenvalue weighted by molar-refractivity contribution is -0.123. The monoisotopic (exact) mass is 326 g/mol. The Morgan fingerprint density at radius 1 is 1.18 bits per heavy atom. The van der Waals surface area contributed by atoms with Crippen molar-refractivity contribution in [3.63, 3.8) is 0 Å². The minimum atomic E-state index is -3.41. The summed E-state index contributed by atoms with van der Waals surface area (Å²) < 4.78 is 25.7. The molecule has 0 atom stereocenters. The van der Waals surface area contributed by atoms with Crippen LogP contribution in [0.5, 0.6) is 0 Å². The average Bonchev–Trinajstić information content (AvgIpc) is 2.33. The second-order valence-corrected chi connectivity index (χ2v) is 7.93. The van der Waals surface area contributed by atoms with E-state index in [0.29, 0.717) is 5.69 Å². The highest BCUT2D eigenvalue weighted by Crippen LogP contribution is 2.27. The van der Waals surface area contributed by atoms with E-state index in [0.717, 1.165) is 16.7 Å². The number of anilines is 1. The third-order valence-corrected chi connectivity index (χ3v) is 4.59. The van der Waals surface area contributed by atoms with Crippen molar-refractivity contribution in [2.24, 2.45) is 5.92 Å². The Hall–Kier alpha value is -1.56. The van der Waals surface area contributed by atoms with Crippen LogP contribution in [0.1, 0.15) is 30.5 Å². The summed E-state index contributed by atoms with van der Waals surface area (Å²) in [5.74, 6) is -0.194. The fraction of sp³-hybridized carbons (Fsp3) is 0.562. The molecule has 1 aromatic carbocycles. The van der Waals surface area contributed by atoms with Crippen molar-refractivity contribution in [2.75, 3.05) is 23.7 Å². The van der Waals surface area contributed by atoms with Gasteiger partial charge in [-0.1, -0.05) is 31.5 Å². The molecule has 5 nitrogen and oxygen atoms in total. The number of rotatable bonds is 6. The lowest BCUT2D eigenvalue weighted by Crippen LogP contribution is -2.39. The van der Waals surface area contributed by atoms with Crippen LogP contribution >= 0.6 is 0 Å². The highest BCUT2D eigenvalue weighted by atomic mass is 32.2. The summed E-state index contributed by atoms with van der Waals surface area (Å²) in [6.45, 7) is 9.91. The molecule has 6 heteroatoms. The lowest BCUT2D eigenvalue weighted by Gasteiger charge is -2.26. The van der Waals surface area contributed by atoms with Gasteiger partial charge in [-0.2, -0.15) is 0 Å². The first kappa shape index (κ1) is 18.5. The maximum atomic E-state index is 12.1. The van der Waals surface area contributed by atoms with E-state index in [-0.39, 0.29) is 24.9 Å². The number of amides is 1. The zero-order valence-corrected chi connectivity index (χ0v) is 15.0. The van der Waals surface area contributed by atoms with Crippen molar-refractivity contribution >= 4 is 21.6 Å². The molecule has 0 bridgehead atoms. The number of hydrogen-bond donors (Lipinski definition) is 1. The molecule has 0 aliphatic carbocycles. The summed E-state index contributed by atoms with van der Waals surface area (Å²) in [5, 5.41) is 2.76. The number of carbonyl (C=O) groups is 1. The molecule has 0 spiro atoms. The Labute approximate surface area is 133 Å². The van der Waals surface area contributed by atoms with Crippen molar-refractivity contribution in [3.05, 3.63) is 28.8 Å². The molecule has 0 radical (unpaired) electrons. The van der Waals surface area contributed by atoms with Gasteiger partial charge in [0.1, 0.15) is 0 Å². The van der Waals surface area contributed by atoms with Gasteiger partial charge in [0.05, 0.1) is 18.5 Å². The largest absolute Gasteiger partial charge is 0.354 e. The fourth-order valence-corrected chi connectivity index (χ4v) is 3.54. The summed E-state index contributed by atoms with van der Waals surface area (Å²) in [6.07, 6.45) is 1.19. The van der Waals surface area contributed by atoms with Crippen LogP contribution in [0, 0.1) is 26.7 Å². The minimum Gasteiger partial charge on any atom is -0.354 e. The number of hydrogen-bond acceptors (Lipinski definition) is 3. The highest BCUT2D eigenvalue weighted by molar-refractivity contribution is 7.92. The standard InChI is InChI=1S/C16H26N2O3S/c1-11(2)16(19)17-7-8-18(22(6,20)21)15-13(4)9-12(3)10-14(15)5/h9-11H,7-8H2,1-6H3,(H,17,19). The topological polar surface area (TPSA) is 66.5 Å². The van der Waals surface area contributed by atoms with Crippen LogP contribution < -0.4 is 9.62 Å². The van der Waals surface area contributed by atoms with Crippen LogP contribution in [0.25, 0.3) is 0 Å². The molecule has 0 aromatic heterocycles. The summed E-state index contributed by atoms with van der Waals surface area (Å²) in [6, 6.07) is 3.93. The van der Waals surface area contributed by atoms with Gasteiger partial charge in [0.25, 0.3) is 0 Å². The van der Waals surface area contributed by atoms with E-state index in [9.17, 15) is 13.2 Å². The van der Waals surface area contributed by atoms with Crippen molar-refractivity contribution in [1.82, 2.24) is 5.32 Å². The molecule has 0 fully saturated rings. The van der Waals surface area contributed by atoms with Gasteiger partial charge in [-0.3, -0.25) is 9.10 Å². The zero-order valence-electron chi connectivity index (χ0n) is 14.2. The summed E-state index contributed by atoms with van der Waals surface area (Å²) in [7, 11) is -3.41. The van der Waals surface area contributed by atoms with Crippen molar-refractivity contribution in [2.45, 2.75) is 34.6 Å². The Morgan fingerprint density at radius 2 is 1.68 bits per heavy atom. The first-order valence-corrected chi connectivity index (χ1v) is 9.22. The highest BCUT2D eigenvalue weighted by Gasteiger charge is 2.21. The number of carbonyl (C=O) groups excluding carboxylic acids is 1. The van der Waals surface area contributed by atoms with Crippen LogP contribution in [0.2, 0.25) is 0 Å². The maximum Gasteiger partial charge on any atom is 0.232 e. The van der Waals surface area contributed by atoms with E-state index < -0.39 is 10.0 Å². The third kappa shape index (κ3) is 4.73. The van der Waals surface area contributed by atoms with Crippen LogP contribution in [0.4, 0.5) is 5.69 Å². The van der Waals surface area contributed by atoms with Crippen LogP contribution in [0.15, 0.2) is 12.1 Å². The Kier molecular flexibility index (Phi) is 6.00. The van der Waals surface area contributed by atoms with Crippen molar-refractivity contribution in [1.29, 1.82) is 0 Å². The van der Waals surface area contributed by atoms with Gasteiger partial charge >= 0.3 is 0 Å². The smallest absolute Gasteiger partial charge is 0.232 e. The van der Waals surface area contributed by atoms with Crippen molar-refractivity contribution < 1.29 is 13.2 Å². The quantitative estimate of drug-likeness (QED) is 0.871. The first-order chi connectivity index (χ1) is 10.0. The molecule has 1 amide bonds. The molecule has 1 N–H and O–H groups in total. The molecule has 0 saturated carbocycles. The molecule has 0 aliphatic rings. The number of sulfonamides is 1. The van der Waals surface area contributed by atoms with E-state index in [1.807, 2.05) is 32.9 Å². The number of nitrogens with one attached hydrogen (secondary N) is 1. The van der Waals surface area contributed by atoms with Crippen LogP contribution in [-0.2, 0) is 14.8 Å². The predicted molar refractivity (Wildman–Crippen MR) is 90.7 cm³/mol. The van der Waals surface area contributed by atoms with Gasteiger partial charge in [-0.15, -0.1) is 0 Å². The van der Waals surface area contributed by atoms with E-state index in [1.165, 1.54) is 10.6 Å². The van der Waals surface area contributed by atoms with Gasteiger partial charge in [0.15, 0.2) is 0 Å². The van der Waals surface area contributed by atoms with Crippen LogP contribution in [0.3, 0.4) is 0 Å². The molecule has 124 valence electrons. The van der Waals surface area contributed by atoms with E-state index in [1.54, 1.807) is 13.8 Å². The number of benzene rings is 1. The molecule has 0 heterocycles. The van der Waals surface area contributed by atoms with Gasteiger partial charge in [-0.05, 0) is 31.9 Å². The molecule has 22 heavy (non-hydrogen) atoms. The molecule has 0 saturated heterocycles. The number of nitrogens with zero attached hydrogens (tertiary/aromatic N) is 1. The first-order valence-electron chi connectivity index (χ1n) is 7.37. The van der Waals surface area contributed by atoms with Crippen molar-refractivity contribution in [3.8, 4) is 0 Å². The van der Waals surface area contributed by atoms with E-state index >= 15 is 0 Å². The molecular weight excluding hydrogens is 300 g/mol. The van der Waals surface area contributed by atoms with Gasteiger partial charge in [0.2, 0.25) is 15.9 Å². The fourth-order valence-electron chi connectivity index (χ4n) is 2.49. The SMILES string of the molecule is Cc1cc(C)c(N(CCNC(=O)C(C)C)S(C)(=O)=O)c(C)c1. The second kappa shape index (κ2) is 7.13. The molecule has 1 rings (SSSR count). The normalized spacial score (nSPS) is 11.6. The van der Waals surface area contributed by atoms with E-state index in [2.05, 4.69) is 5.32 Å². The predicted octanol–water partition coefficient (Wildman–Crippen LogP) is 2.15. The number of aryl methyl sites for hydroxylation is 3. The Balaban J connectivity index is 3.04. The van der Waals surface area contributed by atoms with E-state index in [4.69, 9.17) is 0 Å². The Bertz CT molecular complexity index is 628. The zero-order chi connectivity index (χ0) is 17.1. The maximum absolute atomic E-state index is 12.1. The molecule has 0 unspecified atom stereocenters. The summed E-state index contributed by atoms with van der Waals surface area (Å²) in [5.41, 5.74) is 3.63. The molecule has 0 aliphatic heterocycles.